The van der Waals surface area contributed by atoms with E-state index in [9.17, 15) is 9.59 Å². The monoisotopic (exact) mass is 237 g/mol. The van der Waals surface area contributed by atoms with Crippen LogP contribution in [-0.2, 0) is 19.1 Å². The van der Waals surface area contributed by atoms with Gasteiger partial charge in [0.15, 0.2) is 0 Å². The van der Waals surface area contributed by atoms with E-state index in [-0.39, 0.29) is 36.2 Å². The highest BCUT2D eigenvalue weighted by molar-refractivity contribution is 5.85. The van der Waals surface area contributed by atoms with Crippen molar-refractivity contribution in [3.63, 3.8) is 0 Å². The summed E-state index contributed by atoms with van der Waals surface area (Å²) < 4.78 is 9.24. The number of methoxy groups -OCH3 is 2. The van der Waals surface area contributed by atoms with Gasteiger partial charge in [-0.3, -0.25) is 9.59 Å². The SMILES string of the molecule is COC(=O)[C@@H]1CNC[C@H](C(=O)OC)C1.Cl. The Kier molecular flexibility index (Phi) is 6.27. The number of esters is 2. The third-order valence-electron chi connectivity index (χ3n) is 2.42. The molecule has 0 spiro atoms. The van der Waals surface area contributed by atoms with Gasteiger partial charge in [0.05, 0.1) is 26.1 Å². The summed E-state index contributed by atoms with van der Waals surface area (Å²) in [5.74, 6) is -1.02. The summed E-state index contributed by atoms with van der Waals surface area (Å²) in [6.45, 7) is 1.14. The Balaban J connectivity index is 0.00000196. The van der Waals surface area contributed by atoms with Crippen LogP contribution in [0.4, 0.5) is 0 Å². The maximum atomic E-state index is 11.2. The summed E-state index contributed by atoms with van der Waals surface area (Å²) >= 11 is 0. The van der Waals surface area contributed by atoms with Crippen molar-refractivity contribution in [1.82, 2.24) is 5.32 Å². The molecule has 1 saturated heterocycles. The van der Waals surface area contributed by atoms with Crippen molar-refractivity contribution < 1.29 is 19.1 Å². The van der Waals surface area contributed by atoms with Gasteiger partial charge in [0.25, 0.3) is 0 Å². The Morgan fingerprint density at radius 1 is 1.07 bits per heavy atom. The number of rotatable bonds is 2. The Labute approximate surface area is 94.9 Å². The van der Waals surface area contributed by atoms with Crippen LogP contribution in [0, 0.1) is 11.8 Å². The summed E-state index contributed by atoms with van der Waals surface area (Å²) in [4.78, 5) is 22.4. The van der Waals surface area contributed by atoms with E-state index in [1.54, 1.807) is 0 Å². The van der Waals surface area contributed by atoms with Crippen molar-refractivity contribution in [3.05, 3.63) is 0 Å². The van der Waals surface area contributed by atoms with Gasteiger partial charge in [-0.25, -0.2) is 0 Å². The molecule has 1 fully saturated rings. The van der Waals surface area contributed by atoms with Gasteiger partial charge in [0, 0.05) is 13.1 Å². The smallest absolute Gasteiger partial charge is 0.309 e. The van der Waals surface area contributed by atoms with Crippen LogP contribution in [0.15, 0.2) is 0 Å². The molecule has 0 aromatic heterocycles. The first-order chi connectivity index (χ1) is 6.69. The molecule has 5 nitrogen and oxygen atoms in total. The molecular weight excluding hydrogens is 222 g/mol. The van der Waals surface area contributed by atoms with Crippen LogP contribution in [0.3, 0.4) is 0 Å². The first-order valence-corrected chi connectivity index (χ1v) is 4.55. The van der Waals surface area contributed by atoms with E-state index in [0.29, 0.717) is 19.5 Å². The largest absolute Gasteiger partial charge is 0.469 e. The van der Waals surface area contributed by atoms with E-state index in [1.165, 1.54) is 14.2 Å². The number of hydrogen-bond donors (Lipinski definition) is 1. The van der Waals surface area contributed by atoms with Crippen molar-refractivity contribution in [2.75, 3.05) is 27.3 Å². The maximum Gasteiger partial charge on any atom is 0.309 e. The topological polar surface area (TPSA) is 64.6 Å². The quantitative estimate of drug-likeness (QED) is 0.684. The Bertz CT molecular complexity index is 212. The molecule has 0 aromatic rings. The van der Waals surface area contributed by atoms with Crippen molar-refractivity contribution in [2.24, 2.45) is 11.8 Å². The fourth-order valence-electron chi connectivity index (χ4n) is 1.63. The standard InChI is InChI=1S/C9H15NO4.ClH/c1-13-8(11)6-3-7(5-10-4-6)9(12)14-2;/h6-7,10H,3-5H2,1-2H3;1H/t6-,7+;. The molecular formula is C9H16ClNO4. The molecule has 88 valence electrons. The molecule has 1 heterocycles. The highest BCUT2D eigenvalue weighted by Crippen LogP contribution is 2.18. The summed E-state index contributed by atoms with van der Waals surface area (Å²) in [5, 5.41) is 3.01. The van der Waals surface area contributed by atoms with Crippen LogP contribution in [0.1, 0.15) is 6.42 Å². The highest BCUT2D eigenvalue weighted by atomic mass is 35.5. The molecule has 0 saturated carbocycles. The lowest BCUT2D eigenvalue weighted by Crippen LogP contribution is -2.43. The molecule has 15 heavy (non-hydrogen) atoms. The van der Waals surface area contributed by atoms with E-state index in [0.717, 1.165) is 0 Å². The summed E-state index contributed by atoms with van der Waals surface area (Å²) in [5.41, 5.74) is 0. The second kappa shape index (κ2) is 6.63. The van der Waals surface area contributed by atoms with Gasteiger partial charge < -0.3 is 14.8 Å². The lowest BCUT2D eigenvalue weighted by Gasteiger charge is -2.26. The second-order valence-electron chi connectivity index (χ2n) is 3.33. The third-order valence-corrected chi connectivity index (χ3v) is 2.42. The molecule has 0 radical (unpaired) electrons. The first-order valence-electron chi connectivity index (χ1n) is 4.55. The molecule has 0 bridgehead atoms. The minimum Gasteiger partial charge on any atom is -0.469 e. The van der Waals surface area contributed by atoms with Crippen LogP contribution in [0.2, 0.25) is 0 Å². The lowest BCUT2D eigenvalue weighted by atomic mass is 9.90. The minimum atomic E-state index is -0.272. The van der Waals surface area contributed by atoms with Crippen LogP contribution < -0.4 is 5.32 Å². The molecule has 1 N–H and O–H groups in total. The summed E-state index contributed by atoms with van der Waals surface area (Å²) in [6.07, 6.45) is 0.506. The average molecular weight is 238 g/mol. The number of carbonyl (C=O) groups is 2. The van der Waals surface area contributed by atoms with E-state index in [2.05, 4.69) is 14.8 Å². The van der Waals surface area contributed by atoms with Crippen molar-refractivity contribution in [3.8, 4) is 0 Å². The normalized spacial score (nSPS) is 24.9. The van der Waals surface area contributed by atoms with E-state index >= 15 is 0 Å². The molecule has 0 amide bonds. The zero-order valence-corrected chi connectivity index (χ0v) is 9.63. The molecule has 1 rings (SSSR count). The molecule has 2 atom stereocenters. The van der Waals surface area contributed by atoms with Crippen molar-refractivity contribution in [2.45, 2.75) is 6.42 Å². The molecule has 1 aliphatic heterocycles. The van der Waals surface area contributed by atoms with E-state index in [4.69, 9.17) is 0 Å². The van der Waals surface area contributed by atoms with Gasteiger partial charge in [-0.05, 0) is 6.42 Å². The van der Waals surface area contributed by atoms with Crippen LogP contribution >= 0.6 is 12.4 Å². The lowest BCUT2D eigenvalue weighted by molar-refractivity contribution is -0.150. The van der Waals surface area contributed by atoms with Gasteiger partial charge in [-0.1, -0.05) is 0 Å². The van der Waals surface area contributed by atoms with E-state index in [1.807, 2.05) is 0 Å². The number of ether oxygens (including phenoxy) is 2. The second-order valence-corrected chi connectivity index (χ2v) is 3.33. The van der Waals surface area contributed by atoms with Crippen LogP contribution in [-0.4, -0.2) is 39.2 Å². The van der Waals surface area contributed by atoms with Gasteiger partial charge in [-0.2, -0.15) is 0 Å². The molecule has 0 aliphatic carbocycles. The van der Waals surface area contributed by atoms with Crippen molar-refractivity contribution >= 4 is 24.3 Å². The molecule has 0 unspecified atom stereocenters. The van der Waals surface area contributed by atoms with Crippen LogP contribution in [0.25, 0.3) is 0 Å². The van der Waals surface area contributed by atoms with Crippen molar-refractivity contribution in [1.29, 1.82) is 0 Å². The Hall–Kier alpha value is -0.810. The Morgan fingerprint density at radius 2 is 1.47 bits per heavy atom. The number of hydrogen-bond acceptors (Lipinski definition) is 5. The fourth-order valence-corrected chi connectivity index (χ4v) is 1.63. The highest BCUT2D eigenvalue weighted by Gasteiger charge is 2.31. The number of carbonyl (C=O) groups excluding carboxylic acids is 2. The summed E-state index contributed by atoms with van der Waals surface area (Å²) in [6, 6.07) is 0. The first kappa shape index (κ1) is 14.2. The molecule has 1 aliphatic rings. The third kappa shape index (κ3) is 3.68. The predicted octanol–water partition coefficient (Wildman–Crippen LogP) is -0.0201. The average Bonchev–Trinajstić information content (AvgIpc) is 2.27. The maximum absolute atomic E-state index is 11.2. The zero-order valence-electron chi connectivity index (χ0n) is 8.82. The Morgan fingerprint density at radius 3 is 1.80 bits per heavy atom. The van der Waals surface area contributed by atoms with E-state index < -0.39 is 0 Å². The predicted molar refractivity (Wildman–Crippen MR) is 55.7 cm³/mol. The summed E-state index contributed by atoms with van der Waals surface area (Å²) in [7, 11) is 2.70. The van der Waals surface area contributed by atoms with Gasteiger partial charge >= 0.3 is 11.9 Å². The number of piperidine rings is 1. The van der Waals surface area contributed by atoms with Gasteiger partial charge in [0.1, 0.15) is 0 Å². The van der Waals surface area contributed by atoms with Gasteiger partial charge in [-0.15, -0.1) is 12.4 Å². The van der Waals surface area contributed by atoms with Gasteiger partial charge in [0.2, 0.25) is 0 Å². The number of halogens is 1. The van der Waals surface area contributed by atoms with Crippen LogP contribution in [0.5, 0.6) is 0 Å². The fraction of sp³-hybridized carbons (Fsp3) is 0.778. The molecule has 6 heteroatoms. The molecule has 0 aromatic carbocycles. The zero-order chi connectivity index (χ0) is 10.6. The minimum absolute atomic E-state index is 0. The number of nitrogens with one attached hydrogen (secondary N) is 1.